The summed E-state index contributed by atoms with van der Waals surface area (Å²) in [6, 6.07) is 11.8. The molecule has 0 bridgehead atoms. The topological polar surface area (TPSA) is 94.4 Å². The molecule has 0 radical (unpaired) electrons. The number of hydrogen-bond acceptors (Lipinski definition) is 7. The van der Waals surface area contributed by atoms with Crippen molar-refractivity contribution in [2.45, 2.75) is 4.90 Å². The summed E-state index contributed by atoms with van der Waals surface area (Å²) in [4.78, 5) is 28.0. The van der Waals surface area contributed by atoms with Gasteiger partial charge in [-0.05, 0) is 42.7 Å². The van der Waals surface area contributed by atoms with E-state index in [-0.39, 0.29) is 11.3 Å². The average molecular weight is 401 g/mol. The van der Waals surface area contributed by atoms with Gasteiger partial charge in [0.15, 0.2) is 5.13 Å². The second-order valence-electron chi connectivity index (χ2n) is 5.36. The molecule has 3 rings (SSSR count). The van der Waals surface area contributed by atoms with Crippen molar-refractivity contribution in [3.8, 4) is 17.0 Å². The smallest absolute Gasteiger partial charge is 0.283 e. The van der Waals surface area contributed by atoms with Gasteiger partial charge in [-0.1, -0.05) is 0 Å². The van der Waals surface area contributed by atoms with E-state index < -0.39 is 10.8 Å². The molecule has 0 atom stereocenters. The summed E-state index contributed by atoms with van der Waals surface area (Å²) in [6.07, 6.45) is 1.75. The molecule has 0 fully saturated rings. The lowest BCUT2D eigenvalue weighted by Crippen LogP contribution is -2.12. The predicted octanol–water partition coefficient (Wildman–Crippen LogP) is 4.70. The summed E-state index contributed by atoms with van der Waals surface area (Å²) in [5.41, 5.74) is 1.74. The first kappa shape index (κ1) is 18.9. The Bertz CT molecular complexity index is 987. The summed E-state index contributed by atoms with van der Waals surface area (Å²) >= 11 is 2.54. The number of benzene rings is 2. The number of aromatic nitrogens is 1. The van der Waals surface area contributed by atoms with Gasteiger partial charge in [-0.3, -0.25) is 20.2 Å². The van der Waals surface area contributed by atoms with Crippen LogP contribution in [0.5, 0.6) is 5.75 Å². The second-order valence-corrected chi connectivity index (χ2v) is 7.07. The molecular weight excluding hydrogens is 386 g/mol. The van der Waals surface area contributed by atoms with Crippen LogP contribution in [0.3, 0.4) is 0 Å². The van der Waals surface area contributed by atoms with E-state index in [2.05, 4.69) is 10.3 Å². The number of carbonyl (C=O) groups is 1. The van der Waals surface area contributed by atoms with Gasteiger partial charge in [-0.2, -0.15) is 0 Å². The van der Waals surface area contributed by atoms with E-state index in [1.54, 1.807) is 25.5 Å². The maximum Gasteiger partial charge on any atom is 0.283 e. The highest BCUT2D eigenvalue weighted by atomic mass is 32.2. The van der Waals surface area contributed by atoms with E-state index in [1.165, 1.54) is 29.2 Å². The number of thiazole rings is 1. The van der Waals surface area contributed by atoms with Crippen molar-refractivity contribution in [2.75, 3.05) is 18.7 Å². The van der Waals surface area contributed by atoms with E-state index >= 15 is 0 Å². The van der Waals surface area contributed by atoms with Gasteiger partial charge in [0.2, 0.25) is 0 Å². The molecule has 1 amide bonds. The van der Waals surface area contributed by atoms with Gasteiger partial charge in [0, 0.05) is 22.6 Å². The van der Waals surface area contributed by atoms with Crippen LogP contribution < -0.4 is 10.1 Å². The largest absolute Gasteiger partial charge is 0.497 e. The number of methoxy groups -OCH3 is 1. The first-order valence-corrected chi connectivity index (χ1v) is 9.86. The highest BCUT2D eigenvalue weighted by Gasteiger charge is 2.18. The van der Waals surface area contributed by atoms with Crippen molar-refractivity contribution in [1.29, 1.82) is 0 Å². The van der Waals surface area contributed by atoms with Crippen LogP contribution in [0.25, 0.3) is 11.3 Å². The molecule has 7 nitrogen and oxygen atoms in total. The SMILES string of the molecule is COc1ccc(-c2csc(NC(=O)c3ccc(SC)c([N+](=O)[O-])c3)n2)cc1. The van der Waals surface area contributed by atoms with Crippen molar-refractivity contribution >= 4 is 39.8 Å². The fourth-order valence-corrected chi connectivity index (χ4v) is 3.63. The molecule has 138 valence electrons. The first-order chi connectivity index (χ1) is 13.0. The number of anilines is 1. The predicted molar refractivity (Wildman–Crippen MR) is 107 cm³/mol. The lowest BCUT2D eigenvalue weighted by Gasteiger charge is -2.04. The van der Waals surface area contributed by atoms with Gasteiger partial charge in [0.05, 0.1) is 22.6 Å². The lowest BCUT2D eigenvalue weighted by molar-refractivity contribution is -0.387. The third-order valence-corrected chi connectivity index (χ3v) is 5.29. The summed E-state index contributed by atoms with van der Waals surface area (Å²) in [6.45, 7) is 0. The van der Waals surface area contributed by atoms with E-state index in [9.17, 15) is 14.9 Å². The molecular formula is C18H15N3O4S2. The minimum atomic E-state index is -0.492. The molecule has 0 spiro atoms. The zero-order chi connectivity index (χ0) is 19.4. The molecule has 2 aromatic carbocycles. The fourth-order valence-electron chi connectivity index (χ4n) is 2.37. The number of hydrogen-bond donors (Lipinski definition) is 1. The van der Waals surface area contributed by atoms with Crippen LogP contribution in [-0.2, 0) is 0 Å². The summed E-state index contributed by atoms with van der Waals surface area (Å²) in [7, 11) is 1.60. The summed E-state index contributed by atoms with van der Waals surface area (Å²) in [5.74, 6) is 0.305. The molecule has 27 heavy (non-hydrogen) atoms. The van der Waals surface area contributed by atoms with Gasteiger partial charge < -0.3 is 4.74 Å². The number of ether oxygens (including phenoxy) is 1. The van der Waals surface area contributed by atoms with Crippen molar-refractivity contribution in [1.82, 2.24) is 4.98 Å². The minimum absolute atomic E-state index is 0.0896. The molecule has 3 aromatic rings. The Balaban J connectivity index is 1.77. The van der Waals surface area contributed by atoms with Crippen LogP contribution in [0, 0.1) is 10.1 Å². The third kappa shape index (κ3) is 4.26. The van der Waals surface area contributed by atoms with Crippen molar-refractivity contribution in [3.63, 3.8) is 0 Å². The Hall–Kier alpha value is -2.91. The number of rotatable bonds is 6. The standard InChI is InChI=1S/C18H15N3O4S2/c1-25-13-6-3-11(4-7-13)14-10-27-18(19-14)20-17(22)12-5-8-16(26-2)15(9-12)21(23)24/h3-10H,1-2H3,(H,19,20,22). The monoisotopic (exact) mass is 401 g/mol. The van der Waals surface area contributed by atoms with Crippen LogP contribution in [0.2, 0.25) is 0 Å². The molecule has 0 aliphatic carbocycles. The van der Waals surface area contributed by atoms with Crippen LogP contribution >= 0.6 is 23.1 Å². The Morgan fingerprint density at radius 2 is 2.00 bits per heavy atom. The maximum absolute atomic E-state index is 12.4. The number of carbonyl (C=O) groups excluding carboxylic acids is 1. The molecule has 0 saturated heterocycles. The van der Waals surface area contributed by atoms with Gasteiger partial charge in [-0.25, -0.2) is 4.98 Å². The summed E-state index contributed by atoms with van der Waals surface area (Å²) in [5, 5.41) is 16.1. The second kappa shape index (κ2) is 8.19. The third-order valence-electron chi connectivity index (χ3n) is 3.75. The van der Waals surface area contributed by atoms with Crippen molar-refractivity contribution in [3.05, 3.63) is 63.5 Å². The lowest BCUT2D eigenvalue weighted by atomic mass is 10.2. The Morgan fingerprint density at radius 1 is 1.26 bits per heavy atom. The van der Waals surface area contributed by atoms with Crippen LogP contribution in [-0.4, -0.2) is 29.2 Å². The number of nitro groups is 1. The molecule has 1 heterocycles. The average Bonchev–Trinajstić information content (AvgIpc) is 3.15. The molecule has 0 unspecified atom stereocenters. The minimum Gasteiger partial charge on any atom is -0.497 e. The number of nitrogens with one attached hydrogen (secondary N) is 1. The van der Waals surface area contributed by atoms with Crippen LogP contribution in [0.4, 0.5) is 10.8 Å². The Morgan fingerprint density at radius 3 is 2.63 bits per heavy atom. The first-order valence-electron chi connectivity index (χ1n) is 7.75. The summed E-state index contributed by atoms with van der Waals surface area (Å²) < 4.78 is 5.13. The number of nitrogens with zero attached hydrogens (tertiary/aromatic N) is 2. The molecule has 0 aliphatic heterocycles. The highest BCUT2D eigenvalue weighted by Crippen LogP contribution is 2.30. The van der Waals surface area contributed by atoms with Crippen LogP contribution in [0.1, 0.15) is 10.4 Å². The maximum atomic E-state index is 12.4. The fraction of sp³-hybridized carbons (Fsp3) is 0.111. The van der Waals surface area contributed by atoms with Gasteiger partial charge in [0.1, 0.15) is 5.75 Å². The van der Waals surface area contributed by atoms with E-state index in [1.807, 2.05) is 29.6 Å². The molecule has 0 aliphatic rings. The normalized spacial score (nSPS) is 10.4. The number of thioether (sulfide) groups is 1. The molecule has 0 saturated carbocycles. The molecule has 9 heteroatoms. The van der Waals surface area contributed by atoms with Gasteiger partial charge >= 0.3 is 0 Å². The highest BCUT2D eigenvalue weighted by molar-refractivity contribution is 7.98. The molecule has 1 aromatic heterocycles. The van der Waals surface area contributed by atoms with E-state index in [0.717, 1.165) is 17.0 Å². The van der Waals surface area contributed by atoms with E-state index in [0.29, 0.717) is 10.0 Å². The Kier molecular flexibility index (Phi) is 5.72. The zero-order valence-corrected chi connectivity index (χ0v) is 16.1. The quantitative estimate of drug-likeness (QED) is 0.365. The van der Waals surface area contributed by atoms with Gasteiger partial charge in [-0.15, -0.1) is 23.1 Å². The number of nitro benzene ring substituents is 1. The van der Waals surface area contributed by atoms with Crippen LogP contribution in [0.15, 0.2) is 52.7 Å². The van der Waals surface area contributed by atoms with E-state index in [4.69, 9.17) is 4.74 Å². The van der Waals surface area contributed by atoms with Crippen molar-refractivity contribution < 1.29 is 14.5 Å². The Labute approximate surface area is 163 Å². The number of amides is 1. The van der Waals surface area contributed by atoms with Crippen molar-refractivity contribution in [2.24, 2.45) is 0 Å². The zero-order valence-electron chi connectivity index (χ0n) is 14.5. The van der Waals surface area contributed by atoms with Gasteiger partial charge in [0.25, 0.3) is 11.6 Å². The molecule has 1 N–H and O–H groups in total.